The van der Waals surface area contributed by atoms with Gasteiger partial charge in [-0.15, -0.1) is 10.2 Å². The quantitative estimate of drug-likeness (QED) is 0.848. The molecule has 0 saturated heterocycles. The molecule has 0 aliphatic heterocycles. The highest BCUT2D eigenvalue weighted by atomic mass is 16.2. The van der Waals surface area contributed by atoms with Gasteiger partial charge < -0.3 is 15.2 Å². The molecule has 1 aromatic carbocycles. The van der Waals surface area contributed by atoms with Crippen molar-refractivity contribution in [1.29, 1.82) is 0 Å². The third kappa shape index (κ3) is 4.00. The molecule has 134 valence electrons. The molecule has 0 radical (unpaired) electrons. The Morgan fingerprint density at radius 2 is 2.16 bits per heavy atom. The number of benzene rings is 1. The van der Waals surface area contributed by atoms with Gasteiger partial charge in [-0.25, -0.2) is 4.79 Å². The number of aryl methyl sites for hydroxylation is 2. The zero-order valence-electron chi connectivity index (χ0n) is 15.1. The van der Waals surface area contributed by atoms with Crippen molar-refractivity contribution in [2.75, 3.05) is 13.1 Å². The summed E-state index contributed by atoms with van der Waals surface area (Å²) >= 11 is 0. The number of rotatable bonds is 6. The van der Waals surface area contributed by atoms with Crippen molar-refractivity contribution in [1.82, 2.24) is 25.4 Å². The maximum absolute atomic E-state index is 12.2. The van der Waals surface area contributed by atoms with E-state index >= 15 is 0 Å². The van der Waals surface area contributed by atoms with Gasteiger partial charge in [0.05, 0.1) is 0 Å². The molecule has 1 aliphatic carbocycles. The third-order valence-electron chi connectivity index (χ3n) is 5.13. The van der Waals surface area contributed by atoms with E-state index < -0.39 is 0 Å². The first-order valence-corrected chi connectivity index (χ1v) is 9.09. The van der Waals surface area contributed by atoms with Gasteiger partial charge in [0.2, 0.25) is 0 Å². The molecule has 0 saturated carbocycles. The highest BCUT2D eigenvalue weighted by Crippen LogP contribution is 2.36. The number of hydrogen-bond donors (Lipinski definition) is 2. The molecule has 0 fully saturated rings. The molecule has 2 aromatic rings. The van der Waals surface area contributed by atoms with Crippen LogP contribution in [0.3, 0.4) is 0 Å². The first kappa shape index (κ1) is 17.5. The van der Waals surface area contributed by atoms with Crippen LogP contribution >= 0.6 is 0 Å². The molecule has 3 rings (SSSR count). The average Bonchev–Trinajstić information content (AvgIpc) is 3.08. The van der Waals surface area contributed by atoms with Crippen molar-refractivity contribution in [3.8, 4) is 0 Å². The second kappa shape index (κ2) is 7.68. The summed E-state index contributed by atoms with van der Waals surface area (Å²) in [5.41, 5.74) is 2.80. The summed E-state index contributed by atoms with van der Waals surface area (Å²) in [7, 11) is 0. The van der Waals surface area contributed by atoms with Gasteiger partial charge in [-0.2, -0.15) is 0 Å². The number of hydrogen-bond acceptors (Lipinski definition) is 3. The predicted molar refractivity (Wildman–Crippen MR) is 97.5 cm³/mol. The standard InChI is InChI=1S/C19H27N5O/c1-3-17-23-22-14-24(17)12-11-20-18(25)21-13-19(2)10-6-8-15-7-4-5-9-16(15)19/h4-5,7,9,14H,3,6,8,10-13H2,1-2H3,(H2,20,21,25)/t19-/m1/s1. The number of amides is 2. The lowest BCUT2D eigenvalue weighted by Crippen LogP contribution is -2.45. The maximum atomic E-state index is 12.2. The van der Waals surface area contributed by atoms with E-state index in [2.05, 4.69) is 52.0 Å². The van der Waals surface area contributed by atoms with Gasteiger partial charge in [-0.1, -0.05) is 38.1 Å². The van der Waals surface area contributed by atoms with Crippen LogP contribution in [-0.4, -0.2) is 33.9 Å². The fourth-order valence-electron chi connectivity index (χ4n) is 3.68. The highest BCUT2D eigenvalue weighted by molar-refractivity contribution is 5.74. The zero-order chi connectivity index (χ0) is 17.7. The fraction of sp³-hybridized carbons (Fsp3) is 0.526. The molecule has 6 nitrogen and oxygen atoms in total. The molecule has 6 heteroatoms. The minimum atomic E-state index is -0.115. The van der Waals surface area contributed by atoms with Crippen LogP contribution in [0.15, 0.2) is 30.6 Å². The molecule has 2 N–H and O–H groups in total. The molecular weight excluding hydrogens is 314 g/mol. The zero-order valence-corrected chi connectivity index (χ0v) is 15.1. The van der Waals surface area contributed by atoms with E-state index in [-0.39, 0.29) is 11.4 Å². The Hall–Kier alpha value is -2.37. The molecule has 1 aliphatic rings. The molecule has 0 bridgehead atoms. The van der Waals surface area contributed by atoms with Crippen molar-refractivity contribution >= 4 is 6.03 Å². The molecule has 0 spiro atoms. The van der Waals surface area contributed by atoms with Gasteiger partial charge in [-0.3, -0.25) is 0 Å². The van der Waals surface area contributed by atoms with Crippen LogP contribution in [-0.2, 0) is 24.8 Å². The summed E-state index contributed by atoms with van der Waals surface area (Å²) < 4.78 is 1.97. The van der Waals surface area contributed by atoms with E-state index in [0.717, 1.165) is 25.1 Å². The van der Waals surface area contributed by atoms with E-state index in [9.17, 15) is 4.79 Å². The number of aromatic nitrogens is 3. The van der Waals surface area contributed by atoms with Crippen molar-refractivity contribution in [3.63, 3.8) is 0 Å². The first-order valence-electron chi connectivity index (χ1n) is 9.09. The van der Waals surface area contributed by atoms with E-state index in [1.54, 1.807) is 6.33 Å². The number of carbonyl (C=O) groups excluding carboxylic acids is 1. The van der Waals surface area contributed by atoms with Gasteiger partial charge in [0.1, 0.15) is 12.2 Å². The number of fused-ring (bicyclic) bond motifs is 1. The van der Waals surface area contributed by atoms with Crippen LogP contribution in [0.4, 0.5) is 4.79 Å². The molecular formula is C19H27N5O. The minimum absolute atomic E-state index is 0.00975. The predicted octanol–water partition coefficient (Wildman–Crippen LogP) is 2.43. The van der Waals surface area contributed by atoms with Crippen molar-refractivity contribution in [3.05, 3.63) is 47.5 Å². The monoisotopic (exact) mass is 341 g/mol. The highest BCUT2D eigenvalue weighted by Gasteiger charge is 2.31. The normalized spacial score (nSPS) is 19.3. The Kier molecular flexibility index (Phi) is 5.36. The topological polar surface area (TPSA) is 71.8 Å². The van der Waals surface area contributed by atoms with Crippen LogP contribution in [0.25, 0.3) is 0 Å². The summed E-state index contributed by atoms with van der Waals surface area (Å²) in [6, 6.07) is 8.48. The Morgan fingerprint density at radius 3 is 3.00 bits per heavy atom. The van der Waals surface area contributed by atoms with Crippen molar-refractivity contribution in [2.45, 2.75) is 51.5 Å². The summed E-state index contributed by atoms with van der Waals surface area (Å²) in [5, 5.41) is 13.9. The lowest BCUT2D eigenvalue weighted by atomic mass is 9.71. The minimum Gasteiger partial charge on any atom is -0.337 e. The van der Waals surface area contributed by atoms with E-state index in [4.69, 9.17) is 0 Å². The largest absolute Gasteiger partial charge is 0.337 e. The van der Waals surface area contributed by atoms with E-state index in [1.165, 1.54) is 17.5 Å². The smallest absolute Gasteiger partial charge is 0.314 e. The Balaban J connectivity index is 1.49. The second-order valence-electron chi connectivity index (χ2n) is 6.97. The average molecular weight is 341 g/mol. The molecule has 2 amide bonds. The van der Waals surface area contributed by atoms with Crippen LogP contribution in [0.5, 0.6) is 0 Å². The van der Waals surface area contributed by atoms with Gasteiger partial charge in [0, 0.05) is 31.5 Å². The SMILES string of the molecule is CCc1nncn1CCNC(=O)NC[C@@]1(C)CCCc2ccccc21. The van der Waals surface area contributed by atoms with Gasteiger partial charge in [-0.05, 0) is 30.4 Å². The molecule has 1 atom stereocenters. The number of urea groups is 1. The third-order valence-corrected chi connectivity index (χ3v) is 5.13. The number of carbonyl (C=O) groups is 1. The molecule has 25 heavy (non-hydrogen) atoms. The summed E-state index contributed by atoms with van der Waals surface area (Å²) in [5.74, 6) is 0.938. The number of nitrogens with one attached hydrogen (secondary N) is 2. The lowest BCUT2D eigenvalue weighted by molar-refractivity contribution is 0.236. The van der Waals surface area contributed by atoms with Crippen LogP contribution < -0.4 is 10.6 Å². The van der Waals surface area contributed by atoms with E-state index in [1.807, 2.05) is 11.5 Å². The second-order valence-corrected chi connectivity index (χ2v) is 6.97. The van der Waals surface area contributed by atoms with E-state index in [0.29, 0.717) is 19.6 Å². The fourth-order valence-corrected chi connectivity index (χ4v) is 3.68. The number of nitrogens with zero attached hydrogens (tertiary/aromatic N) is 3. The van der Waals surface area contributed by atoms with Gasteiger partial charge in [0.25, 0.3) is 0 Å². The van der Waals surface area contributed by atoms with Crippen LogP contribution in [0, 0.1) is 0 Å². The molecule has 1 heterocycles. The van der Waals surface area contributed by atoms with Gasteiger partial charge in [0.15, 0.2) is 0 Å². The molecule has 0 unspecified atom stereocenters. The maximum Gasteiger partial charge on any atom is 0.314 e. The summed E-state index contributed by atoms with van der Waals surface area (Å²) in [4.78, 5) is 12.2. The summed E-state index contributed by atoms with van der Waals surface area (Å²) in [6.07, 6.45) is 5.95. The van der Waals surface area contributed by atoms with Crippen molar-refractivity contribution in [2.24, 2.45) is 0 Å². The lowest BCUT2D eigenvalue weighted by Gasteiger charge is -2.36. The Labute approximate surface area is 149 Å². The van der Waals surface area contributed by atoms with Crippen molar-refractivity contribution < 1.29 is 4.79 Å². The van der Waals surface area contributed by atoms with Gasteiger partial charge >= 0.3 is 6.03 Å². The molecule has 1 aromatic heterocycles. The van der Waals surface area contributed by atoms with Crippen LogP contribution in [0.1, 0.15) is 43.6 Å². The Morgan fingerprint density at radius 1 is 1.32 bits per heavy atom. The van der Waals surface area contributed by atoms with Crippen LogP contribution in [0.2, 0.25) is 0 Å². The first-order chi connectivity index (χ1) is 12.1. The summed E-state index contributed by atoms with van der Waals surface area (Å²) in [6.45, 7) is 6.19. The Bertz CT molecular complexity index is 726.